The molecule has 1 atom stereocenters. The van der Waals surface area contributed by atoms with E-state index in [4.69, 9.17) is 9.47 Å². The van der Waals surface area contributed by atoms with Gasteiger partial charge in [-0.3, -0.25) is 4.79 Å². The summed E-state index contributed by atoms with van der Waals surface area (Å²) in [5.74, 6) is 1.52. The second kappa shape index (κ2) is 5.30. The van der Waals surface area contributed by atoms with Crippen LogP contribution in [0, 0.1) is 0 Å². The molecule has 2 aromatic rings. The Kier molecular flexibility index (Phi) is 3.26. The van der Waals surface area contributed by atoms with Crippen LogP contribution in [0.1, 0.15) is 22.7 Å². The van der Waals surface area contributed by atoms with Crippen LogP contribution in [0.15, 0.2) is 30.3 Å². The number of hydrogen-bond donors (Lipinski definition) is 0. The standard InChI is InChI=1S/C19H19NO3/c1-22-16-10-13-7-8-20(11-21)15-9-12-5-3-4-6-14(12)18(17(13)15)19(16)23-2/h3-6,10-11,15H,7-9H2,1-2H3/t15-/m0/s1. The third-order valence-electron chi connectivity index (χ3n) is 5.00. The highest BCUT2D eigenvalue weighted by molar-refractivity contribution is 5.84. The zero-order valence-electron chi connectivity index (χ0n) is 13.3. The minimum absolute atomic E-state index is 0.0842. The van der Waals surface area contributed by atoms with Crippen LogP contribution >= 0.6 is 0 Å². The number of methoxy groups -OCH3 is 2. The molecule has 0 unspecified atom stereocenters. The molecule has 1 aliphatic heterocycles. The van der Waals surface area contributed by atoms with Crippen LogP contribution in [0.2, 0.25) is 0 Å². The summed E-state index contributed by atoms with van der Waals surface area (Å²) >= 11 is 0. The normalized spacial score (nSPS) is 18.0. The van der Waals surface area contributed by atoms with Crippen molar-refractivity contribution in [3.05, 3.63) is 47.0 Å². The van der Waals surface area contributed by atoms with Crippen molar-refractivity contribution in [1.29, 1.82) is 0 Å². The lowest BCUT2D eigenvalue weighted by molar-refractivity contribution is -0.120. The fourth-order valence-electron chi connectivity index (χ4n) is 3.98. The summed E-state index contributed by atoms with van der Waals surface area (Å²) in [7, 11) is 3.34. The Morgan fingerprint density at radius 2 is 2.00 bits per heavy atom. The highest BCUT2D eigenvalue weighted by atomic mass is 16.5. The van der Waals surface area contributed by atoms with Crippen molar-refractivity contribution in [3.8, 4) is 22.6 Å². The van der Waals surface area contributed by atoms with Crippen molar-refractivity contribution in [2.45, 2.75) is 18.9 Å². The maximum atomic E-state index is 11.5. The number of carbonyl (C=O) groups excluding carboxylic acids is 1. The van der Waals surface area contributed by atoms with Crippen molar-refractivity contribution < 1.29 is 14.3 Å². The Bertz CT molecular complexity index is 784. The summed E-state index contributed by atoms with van der Waals surface area (Å²) in [4.78, 5) is 13.4. The van der Waals surface area contributed by atoms with E-state index in [0.29, 0.717) is 0 Å². The van der Waals surface area contributed by atoms with Crippen LogP contribution in [-0.4, -0.2) is 32.1 Å². The summed E-state index contributed by atoms with van der Waals surface area (Å²) in [5.41, 5.74) is 6.00. The SMILES string of the molecule is COc1cc2c3c(c1OC)-c1ccccc1C[C@@H]3N(C=O)CC2. The first kappa shape index (κ1) is 14.1. The summed E-state index contributed by atoms with van der Waals surface area (Å²) in [5, 5.41) is 0. The van der Waals surface area contributed by atoms with Gasteiger partial charge < -0.3 is 14.4 Å². The van der Waals surface area contributed by atoms with Gasteiger partial charge in [0.15, 0.2) is 11.5 Å². The zero-order valence-corrected chi connectivity index (χ0v) is 13.3. The molecule has 1 heterocycles. The first-order chi connectivity index (χ1) is 11.3. The number of nitrogens with zero attached hydrogens (tertiary/aromatic N) is 1. The molecule has 0 aromatic heterocycles. The van der Waals surface area contributed by atoms with Gasteiger partial charge in [-0.2, -0.15) is 0 Å². The zero-order chi connectivity index (χ0) is 16.0. The van der Waals surface area contributed by atoms with Gasteiger partial charge in [0.25, 0.3) is 0 Å². The van der Waals surface area contributed by atoms with Gasteiger partial charge in [0, 0.05) is 12.1 Å². The molecule has 0 spiro atoms. The van der Waals surface area contributed by atoms with Crippen LogP contribution in [0.4, 0.5) is 0 Å². The molecule has 2 aromatic carbocycles. The molecule has 4 nitrogen and oxygen atoms in total. The predicted octanol–water partition coefficient (Wildman–Crippen LogP) is 2.98. The van der Waals surface area contributed by atoms with E-state index in [2.05, 4.69) is 18.2 Å². The molecule has 0 N–H and O–H groups in total. The van der Waals surface area contributed by atoms with Crippen LogP contribution in [0.25, 0.3) is 11.1 Å². The Morgan fingerprint density at radius 3 is 2.74 bits per heavy atom. The fraction of sp³-hybridized carbons (Fsp3) is 0.316. The Hall–Kier alpha value is -2.49. The van der Waals surface area contributed by atoms with E-state index in [9.17, 15) is 4.79 Å². The first-order valence-corrected chi connectivity index (χ1v) is 7.85. The minimum atomic E-state index is 0.0842. The van der Waals surface area contributed by atoms with Crippen LogP contribution < -0.4 is 9.47 Å². The van der Waals surface area contributed by atoms with Gasteiger partial charge in [-0.1, -0.05) is 24.3 Å². The molecule has 1 amide bonds. The maximum absolute atomic E-state index is 11.5. The maximum Gasteiger partial charge on any atom is 0.210 e. The first-order valence-electron chi connectivity index (χ1n) is 7.85. The van der Waals surface area contributed by atoms with Gasteiger partial charge in [0.1, 0.15) is 0 Å². The van der Waals surface area contributed by atoms with E-state index in [1.165, 1.54) is 22.3 Å². The van der Waals surface area contributed by atoms with Crippen LogP contribution in [-0.2, 0) is 17.6 Å². The Labute approximate surface area is 135 Å². The molecular formula is C19H19NO3. The Morgan fingerprint density at radius 1 is 1.17 bits per heavy atom. The lowest BCUT2D eigenvalue weighted by atomic mass is 9.76. The molecule has 0 saturated carbocycles. The van der Waals surface area contributed by atoms with E-state index >= 15 is 0 Å². The fourth-order valence-corrected chi connectivity index (χ4v) is 3.98. The van der Waals surface area contributed by atoms with E-state index < -0.39 is 0 Å². The lowest BCUT2D eigenvalue weighted by Gasteiger charge is -2.40. The van der Waals surface area contributed by atoms with E-state index in [1.807, 2.05) is 17.0 Å². The summed E-state index contributed by atoms with van der Waals surface area (Å²) in [6.07, 6.45) is 2.67. The van der Waals surface area contributed by atoms with Crippen molar-refractivity contribution in [3.63, 3.8) is 0 Å². The number of hydrogen-bond acceptors (Lipinski definition) is 3. The molecule has 23 heavy (non-hydrogen) atoms. The predicted molar refractivity (Wildman–Crippen MR) is 87.9 cm³/mol. The van der Waals surface area contributed by atoms with Crippen molar-refractivity contribution in [1.82, 2.24) is 4.90 Å². The van der Waals surface area contributed by atoms with E-state index in [-0.39, 0.29) is 6.04 Å². The second-order valence-corrected chi connectivity index (χ2v) is 6.03. The van der Waals surface area contributed by atoms with Crippen LogP contribution in [0.3, 0.4) is 0 Å². The van der Waals surface area contributed by atoms with Crippen molar-refractivity contribution >= 4 is 6.41 Å². The third kappa shape index (κ3) is 1.94. The molecule has 0 bridgehead atoms. The van der Waals surface area contributed by atoms with Crippen molar-refractivity contribution in [2.24, 2.45) is 0 Å². The number of amides is 1. The van der Waals surface area contributed by atoms with Gasteiger partial charge in [0.05, 0.1) is 20.3 Å². The van der Waals surface area contributed by atoms with Gasteiger partial charge in [-0.15, -0.1) is 0 Å². The average molecular weight is 309 g/mol. The molecule has 2 aliphatic rings. The largest absolute Gasteiger partial charge is 0.493 e. The number of benzene rings is 2. The average Bonchev–Trinajstić information content (AvgIpc) is 2.61. The van der Waals surface area contributed by atoms with Gasteiger partial charge in [-0.05, 0) is 41.2 Å². The van der Waals surface area contributed by atoms with Gasteiger partial charge >= 0.3 is 0 Å². The number of fused-ring (bicyclic) bond motifs is 2. The smallest absolute Gasteiger partial charge is 0.210 e. The monoisotopic (exact) mass is 309 g/mol. The summed E-state index contributed by atoms with van der Waals surface area (Å²) in [6, 6.07) is 10.5. The highest BCUT2D eigenvalue weighted by Crippen LogP contribution is 2.52. The molecule has 118 valence electrons. The van der Waals surface area contributed by atoms with Crippen molar-refractivity contribution in [2.75, 3.05) is 20.8 Å². The number of ether oxygens (including phenoxy) is 2. The summed E-state index contributed by atoms with van der Waals surface area (Å²) < 4.78 is 11.3. The topological polar surface area (TPSA) is 38.8 Å². The number of carbonyl (C=O) groups is 1. The highest BCUT2D eigenvalue weighted by Gasteiger charge is 2.36. The summed E-state index contributed by atoms with van der Waals surface area (Å²) in [6.45, 7) is 0.748. The third-order valence-corrected chi connectivity index (χ3v) is 5.00. The second-order valence-electron chi connectivity index (χ2n) is 6.03. The van der Waals surface area contributed by atoms with Crippen LogP contribution in [0.5, 0.6) is 11.5 Å². The van der Waals surface area contributed by atoms with Gasteiger partial charge in [0.2, 0.25) is 6.41 Å². The van der Waals surface area contributed by atoms with Gasteiger partial charge in [-0.25, -0.2) is 0 Å². The minimum Gasteiger partial charge on any atom is -0.493 e. The quantitative estimate of drug-likeness (QED) is 0.818. The molecule has 1 aliphatic carbocycles. The Balaban J connectivity index is 2.07. The molecular weight excluding hydrogens is 290 g/mol. The number of rotatable bonds is 3. The molecule has 0 radical (unpaired) electrons. The van der Waals surface area contributed by atoms with E-state index in [1.54, 1.807) is 14.2 Å². The molecule has 4 rings (SSSR count). The lowest BCUT2D eigenvalue weighted by Crippen LogP contribution is -2.37. The molecule has 4 heteroatoms. The van der Waals surface area contributed by atoms with E-state index in [0.717, 1.165) is 42.9 Å². The molecule has 0 saturated heterocycles. The molecule has 0 fully saturated rings.